The molecule has 9 heavy (non-hydrogen) atoms. The number of rotatable bonds is 0. The van der Waals surface area contributed by atoms with Crippen LogP contribution in [0.1, 0.15) is 14.3 Å². The molecule has 1 rings (SSSR count). The first-order valence-electron chi connectivity index (χ1n) is 2.26. The van der Waals surface area contributed by atoms with Crippen LogP contribution in [0, 0.1) is 0 Å². The Morgan fingerprint density at radius 3 is 2.33 bits per heavy atom. The average molecular weight is 155 g/mol. The van der Waals surface area contributed by atoms with E-state index in [9.17, 15) is 4.79 Å². The van der Waals surface area contributed by atoms with E-state index in [4.69, 9.17) is 5.21 Å². The number of thiocarbonyl (C=S) groups is 1. The van der Waals surface area contributed by atoms with E-state index in [2.05, 4.69) is 12.2 Å². The van der Waals surface area contributed by atoms with Crippen LogP contribution < -0.4 is 29.6 Å². The van der Waals surface area contributed by atoms with Crippen molar-refractivity contribution >= 4 is 23.1 Å². The molecule has 1 aliphatic rings. The van der Waals surface area contributed by atoms with Gasteiger partial charge in [-0.2, -0.15) is 5.06 Å². The predicted octanol–water partition coefficient (Wildman–Crippen LogP) is -2.56. The minimum Gasteiger partial charge on any atom is -1.00 e. The summed E-state index contributed by atoms with van der Waals surface area (Å²) in [5.41, 5.74) is 0. The summed E-state index contributed by atoms with van der Waals surface area (Å²) in [7, 11) is 0. The van der Waals surface area contributed by atoms with Gasteiger partial charge in [-0.15, -0.1) is 0 Å². The van der Waals surface area contributed by atoms with E-state index >= 15 is 0 Å². The molecule has 1 fully saturated rings. The van der Waals surface area contributed by atoms with Gasteiger partial charge in [-0.25, -0.2) is 0 Å². The van der Waals surface area contributed by atoms with Crippen LogP contribution in [-0.4, -0.2) is 21.2 Å². The van der Waals surface area contributed by atoms with Gasteiger partial charge in [0.2, 0.25) is 0 Å². The molecule has 0 saturated carbocycles. The summed E-state index contributed by atoms with van der Waals surface area (Å²) in [4.78, 5) is 10.7. The molecule has 0 aromatic heterocycles. The molecule has 0 unspecified atom stereocenters. The van der Waals surface area contributed by atoms with Crippen molar-refractivity contribution in [3.8, 4) is 0 Å². The molecule has 1 aliphatic heterocycles. The third-order valence-corrected chi connectivity index (χ3v) is 1.40. The number of nitrogens with zero attached hydrogens (tertiary/aromatic N) is 1. The molecule has 0 aromatic rings. The van der Waals surface area contributed by atoms with Crippen molar-refractivity contribution in [2.45, 2.75) is 12.8 Å². The minimum absolute atomic E-state index is 0. The Kier molecular flexibility index (Phi) is 3.84. The zero-order valence-corrected chi connectivity index (χ0v) is 7.94. The van der Waals surface area contributed by atoms with Crippen LogP contribution in [0.2, 0.25) is 0 Å². The molecule has 0 aromatic carbocycles. The molecule has 5 heteroatoms. The van der Waals surface area contributed by atoms with Crippen molar-refractivity contribution in [1.82, 2.24) is 5.06 Å². The molecular weight excluding hydrogens is 149 g/mol. The number of carbonyl (C=O) groups excluding carboxylic acids is 1. The van der Waals surface area contributed by atoms with Crippen LogP contribution >= 0.6 is 12.2 Å². The zero-order chi connectivity index (χ0) is 6.15. The molecule has 3 nitrogen and oxygen atoms in total. The summed E-state index contributed by atoms with van der Waals surface area (Å²) in [6.45, 7) is 0. The van der Waals surface area contributed by atoms with Crippen LogP contribution in [0.15, 0.2) is 0 Å². The summed E-state index contributed by atoms with van der Waals surface area (Å²) >= 11 is 4.57. The number of hydrogen-bond donors (Lipinski definition) is 1. The number of hydrogen-bond acceptors (Lipinski definition) is 3. The molecule has 1 heterocycles. The van der Waals surface area contributed by atoms with Crippen molar-refractivity contribution in [2.75, 3.05) is 0 Å². The summed E-state index contributed by atoms with van der Waals surface area (Å²) in [5.74, 6) is -0.296. The molecule has 0 atom stereocenters. The van der Waals surface area contributed by atoms with Crippen LogP contribution in [0.5, 0.6) is 0 Å². The van der Waals surface area contributed by atoms with Gasteiger partial charge in [0.05, 0.1) is 0 Å². The van der Waals surface area contributed by atoms with Gasteiger partial charge < -0.3 is 1.43 Å². The van der Waals surface area contributed by atoms with E-state index in [0.29, 0.717) is 22.9 Å². The number of hydroxylamine groups is 2. The second-order valence-corrected chi connectivity index (χ2v) is 2.07. The van der Waals surface area contributed by atoms with E-state index in [-0.39, 0.29) is 36.9 Å². The van der Waals surface area contributed by atoms with Crippen LogP contribution in [0.3, 0.4) is 0 Å². The molecule has 1 amide bonds. The van der Waals surface area contributed by atoms with Gasteiger partial charge in [0, 0.05) is 12.8 Å². The third kappa shape index (κ3) is 1.98. The van der Waals surface area contributed by atoms with E-state index in [0.717, 1.165) is 0 Å². The van der Waals surface area contributed by atoms with Gasteiger partial charge in [0.25, 0.3) is 5.91 Å². The van der Waals surface area contributed by atoms with Gasteiger partial charge in [0.15, 0.2) is 0 Å². The summed E-state index contributed by atoms with van der Waals surface area (Å²) in [6, 6.07) is 0. The molecule has 0 aliphatic carbocycles. The molecule has 1 saturated heterocycles. The van der Waals surface area contributed by atoms with E-state index in [1.54, 1.807) is 0 Å². The van der Waals surface area contributed by atoms with Crippen molar-refractivity contribution in [1.29, 1.82) is 0 Å². The summed E-state index contributed by atoms with van der Waals surface area (Å²) in [5, 5.41) is 9.15. The van der Waals surface area contributed by atoms with E-state index in [1.165, 1.54) is 0 Å². The Hall–Kier alpha value is 0.520. The van der Waals surface area contributed by atoms with Gasteiger partial charge in [-0.1, -0.05) is 12.2 Å². The minimum atomic E-state index is -0.296. The van der Waals surface area contributed by atoms with Gasteiger partial charge in [0.1, 0.15) is 4.99 Å². The smallest absolute Gasteiger partial charge is 1.00 e. The van der Waals surface area contributed by atoms with Gasteiger partial charge in [-0.3, -0.25) is 10.0 Å². The molecule has 0 radical (unpaired) electrons. The molecule has 1 N–H and O–H groups in total. The maximum Gasteiger partial charge on any atom is 1.00 e. The average Bonchev–Trinajstić information content (AvgIpc) is 1.98. The Balaban J connectivity index is 0. The SMILES string of the molecule is O=C1CCC(=S)N1O.[H-].[Na+]. The fraction of sp³-hybridized carbons (Fsp3) is 0.500. The quantitative estimate of drug-likeness (QED) is 0.238. The number of carbonyl (C=O) groups is 1. The summed E-state index contributed by atoms with van der Waals surface area (Å²) < 4.78 is 0. The monoisotopic (exact) mass is 155 g/mol. The van der Waals surface area contributed by atoms with Crippen molar-refractivity contribution in [3.63, 3.8) is 0 Å². The van der Waals surface area contributed by atoms with Gasteiger partial charge in [-0.05, 0) is 0 Å². The Bertz CT molecular complexity index is 138. The molecule has 0 spiro atoms. The first-order valence-corrected chi connectivity index (χ1v) is 2.67. The normalized spacial score (nSPS) is 18.1. The fourth-order valence-electron chi connectivity index (χ4n) is 0.565. The van der Waals surface area contributed by atoms with Crippen molar-refractivity contribution in [2.24, 2.45) is 0 Å². The zero-order valence-electron chi connectivity index (χ0n) is 6.13. The Labute approximate surface area is 81.8 Å². The second kappa shape index (κ2) is 3.63. The Morgan fingerprint density at radius 1 is 1.67 bits per heavy atom. The molecular formula is C4H6NNaO2S. The van der Waals surface area contributed by atoms with E-state index in [1.807, 2.05) is 0 Å². The number of amides is 1. The first-order chi connectivity index (χ1) is 3.72. The topological polar surface area (TPSA) is 40.5 Å². The standard InChI is InChI=1S/C4H5NO2S.Na.H/c6-3-1-2-4(8)5(3)7;;/h7H,1-2H2;;/q;+1;-1. The predicted molar refractivity (Wildman–Crippen MR) is 31.6 cm³/mol. The van der Waals surface area contributed by atoms with Crippen LogP contribution in [-0.2, 0) is 4.79 Å². The third-order valence-electron chi connectivity index (χ3n) is 1.03. The Morgan fingerprint density at radius 2 is 2.22 bits per heavy atom. The molecule has 0 bridgehead atoms. The van der Waals surface area contributed by atoms with Crippen molar-refractivity contribution < 1.29 is 41.0 Å². The fourth-order valence-corrected chi connectivity index (χ4v) is 0.769. The van der Waals surface area contributed by atoms with Crippen molar-refractivity contribution in [3.05, 3.63) is 0 Å². The largest absolute Gasteiger partial charge is 1.00 e. The maximum atomic E-state index is 10.4. The first kappa shape index (κ1) is 9.52. The summed E-state index contributed by atoms with van der Waals surface area (Å²) in [6.07, 6.45) is 0.875. The van der Waals surface area contributed by atoms with E-state index < -0.39 is 0 Å². The maximum absolute atomic E-state index is 10.4. The van der Waals surface area contributed by atoms with Crippen LogP contribution in [0.4, 0.5) is 0 Å². The molecule has 46 valence electrons. The van der Waals surface area contributed by atoms with Crippen LogP contribution in [0.25, 0.3) is 0 Å². The van der Waals surface area contributed by atoms with Gasteiger partial charge >= 0.3 is 29.6 Å². The second-order valence-electron chi connectivity index (χ2n) is 1.60.